The van der Waals surface area contributed by atoms with Crippen molar-refractivity contribution < 1.29 is 9.47 Å². The number of hydrogen-bond donors (Lipinski definition) is 0. The van der Waals surface area contributed by atoms with Crippen molar-refractivity contribution in [1.29, 1.82) is 0 Å². The fraction of sp³-hybridized carbons (Fsp3) is 0.350. The third-order valence-electron chi connectivity index (χ3n) is 4.73. The maximum Gasteiger partial charge on any atom is 0.131 e. The van der Waals surface area contributed by atoms with E-state index in [-0.39, 0.29) is 0 Å². The van der Waals surface area contributed by atoms with Gasteiger partial charge in [-0.25, -0.2) is 4.40 Å². The number of hydrogen-bond acceptors (Lipinski definition) is 5. The third kappa shape index (κ3) is 3.61. The fourth-order valence-corrected chi connectivity index (χ4v) is 4.21. The van der Waals surface area contributed by atoms with E-state index < -0.39 is 0 Å². The Hall–Kier alpha value is -2.14. The van der Waals surface area contributed by atoms with Gasteiger partial charge in [0.15, 0.2) is 0 Å². The van der Waals surface area contributed by atoms with Crippen molar-refractivity contribution in [3.8, 4) is 17.2 Å². The summed E-state index contributed by atoms with van der Waals surface area (Å²) in [6, 6.07) is 16.1. The first-order valence-corrected chi connectivity index (χ1v) is 9.64. The van der Waals surface area contributed by atoms with Gasteiger partial charge in [0.1, 0.15) is 23.1 Å². The number of piperidine rings is 1. The molecule has 0 radical (unpaired) electrons. The molecule has 2 heterocycles. The maximum absolute atomic E-state index is 5.95. The molecule has 4 rings (SSSR count). The summed E-state index contributed by atoms with van der Waals surface area (Å²) in [4.78, 5) is 2.45. The van der Waals surface area contributed by atoms with Crippen LogP contribution in [-0.4, -0.2) is 36.7 Å². The van der Waals surface area contributed by atoms with Crippen molar-refractivity contribution in [3.05, 3.63) is 54.1 Å². The van der Waals surface area contributed by atoms with Crippen LogP contribution < -0.4 is 9.47 Å². The SMILES string of the molecule is COc1cccc(Oc2ccc([C@@H]3CCCN4CCSN=C34)cc2)c1. The summed E-state index contributed by atoms with van der Waals surface area (Å²) in [5.74, 6) is 5.18. The fourth-order valence-electron chi connectivity index (χ4n) is 3.45. The van der Waals surface area contributed by atoms with E-state index in [0.717, 1.165) is 36.1 Å². The molecule has 0 bridgehead atoms. The Balaban J connectivity index is 1.50. The van der Waals surface area contributed by atoms with Crippen molar-refractivity contribution in [2.75, 3.05) is 26.0 Å². The highest BCUT2D eigenvalue weighted by Gasteiger charge is 2.29. The summed E-state index contributed by atoms with van der Waals surface area (Å²) in [5.41, 5.74) is 1.32. The van der Waals surface area contributed by atoms with Gasteiger partial charge in [0, 0.05) is 30.8 Å². The van der Waals surface area contributed by atoms with Crippen molar-refractivity contribution in [2.24, 2.45) is 4.40 Å². The highest BCUT2D eigenvalue weighted by atomic mass is 32.2. The van der Waals surface area contributed by atoms with Gasteiger partial charge in [-0.3, -0.25) is 0 Å². The monoisotopic (exact) mass is 354 g/mol. The zero-order valence-corrected chi connectivity index (χ0v) is 15.2. The molecule has 2 aromatic rings. The lowest BCUT2D eigenvalue weighted by atomic mass is 9.89. The zero-order valence-electron chi connectivity index (χ0n) is 14.4. The number of fused-ring (bicyclic) bond motifs is 1. The van der Waals surface area contributed by atoms with E-state index in [1.54, 1.807) is 19.1 Å². The average molecular weight is 354 g/mol. The first kappa shape index (κ1) is 16.3. The van der Waals surface area contributed by atoms with Crippen LogP contribution in [0, 0.1) is 0 Å². The number of rotatable bonds is 4. The first-order valence-electron chi connectivity index (χ1n) is 8.70. The summed E-state index contributed by atoms with van der Waals surface area (Å²) >= 11 is 1.70. The zero-order chi connectivity index (χ0) is 17.1. The Morgan fingerprint density at radius 1 is 1.04 bits per heavy atom. The second-order valence-electron chi connectivity index (χ2n) is 6.31. The predicted molar refractivity (Wildman–Crippen MR) is 103 cm³/mol. The van der Waals surface area contributed by atoms with Gasteiger partial charge in [0.25, 0.3) is 0 Å². The lowest BCUT2D eigenvalue weighted by Crippen LogP contribution is -2.42. The molecule has 0 unspecified atom stereocenters. The van der Waals surface area contributed by atoms with Crippen molar-refractivity contribution in [2.45, 2.75) is 18.8 Å². The Morgan fingerprint density at radius 3 is 2.72 bits per heavy atom. The summed E-state index contributed by atoms with van der Waals surface area (Å²) < 4.78 is 15.9. The smallest absolute Gasteiger partial charge is 0.131 e. The molecule has 5 heteroatoms. The van der Waals surface area contributed by atoms with E-state index >= 15 is 0 Å². The summed E-state index contributed by atoms with van der Waals surface area (Å²) in [6.45, 7) is 2.27. The highest BCUT2D eigenvalue weighted by molar-refractivity contribution is 7.98. The predicted octanol–water partition coefficient (Wildman–Crippen LogP) is 4.73. The van der Waals surface area contributed by atoms with Gasteiger partial charge in [-0.15, -0.1) is 0 Å². The highest BCUT2D eigenvalue weighted by Crippen LogP contribution is 2.34. The lowest BCUT2D eigenvalue weighted by Gasteiger charge is -2.37. The van der Waals surface area contributed by atoms with Crippen LogP contribution in [0.1, 0.15) is 24.3 Å². The van der Waals surface area contributed by atoms with E-state index in [4.69, 9.17) is 13.9 Å². The van der Waals surface area contributed by atoms with Gasteiger partial charge in [-0.1, -0.05) is 18.2 Å². The molecule has 0 N–H and O–H groups in total. The summed E-state index contributed by atoms with van der Waals surface area (Å²) in [5, 5.41) is 0. The number of benzene rings is 2. The summed E-state index contributed by atoms with van der Waals surface area (Å²) in [6.07, 6.45) is 2.41. The van der Waals surface area contributed by atoms with E-state index in [1.165, 1.54) is 24.2 Å². The topological polar surface area (TPSA) is 34.1 Å². The number of amidine groups is 1. The molecular formula is C20H22N2O2S. The van der Waals surface area contributed by atoms with Crippen LogP contribution in [0.3, 0.4) is 0 Å². The van der Waals surface area contributed by atoms with Gasteiger partial charge in [0.05, 0.1) is 7.11 Å². The Bertz CT molecular complexity index is 761. The van der Waals surface area contributed by atoms with E-state index in [2.05, 4.69) is 17.0 Å². The minimum atomic E-state index is 0.410. The van der Waals surface area contributed by atoms with Gasteiger partial charge < -0.3 is 14.4 Å². The van der Waals surface area contributed by atoms with E-state index in [9.17, 15) is 0 Å². The second kappa shape index (κ2) is 7.40. The molecule has 4 nitrogen and oxygen atoms in total. The van der Waals surface area contributed by atoms with E-state index in [1.807, 2.05) is 36.4 Å². The van der Waals surface area contributed by atoms with Crippen molar-refractivity contribution >= 4 is 17.8 Å². The molecule has 2 aliphatic rings. The molecule has 1 saturated heterocycles. The normalized spacial score (nSPS) is 19.8. The van der Waals surface area contributed by atoms with Crippen molar-refractivity contribution in [1.82, 2.24) is 4.90 Å². The molecule has 25 heavy (non-hydrogen) atoms. The minimum absolute atomic E-state index is 0.410. The first-order chi connectivity index (χ1) is 12.3. The molecule has 2 aromatic carbocycles. The Kier molecular flexibility index (Phi) is 4.83. The van der Waals surface area contributed by atoms with Gasteiger partial charge in [0.2, 0.25) is 0 Å². The Labute approximate surface area is 153 Å². The minimum Gasteiger partial charge on any atom is -0.497 e. The standard InChI is InChI=1S/C20H22N2O2S/c1-23-17-4-2-5-18(14-17)24-16-9-7-15(8-10-16)19-6-3-11-22-12-13-25-21-20(19)22/h2,4-5,7-10,14,19H,3,6,11-13H2,1H3/t19-/m0/s1. The van der Waals surface area contributed by atoms with Crippen LogP contribution in [0.15, 0.2) is 52.9 Å². The van der Waals surface area contributed by atoms with Gasteiger partial charge in [-0.2, -0.15) is 0 Å². The molecule has 0 saturated carbocycles. The van der Waals surface area contributed by atoms with Crippen LogP contribution in [0.5, 0.6) is 17.2 Å². The largest absolute Gasteiger partial charge is 0.497 e. The molecule has 130 valence electrons. The van der Waals surface area contributed by atoms with Gasteiger partial charge in [-0.05, 0) is 54.6 Å². The maximum atomic E-state index is 5.95. The molecule has 0 amide bonds. The molecule has 0 aromatic heterocycles. The number of ether oxygens (including phenoxy) is 2. The Morgan fingerprint density at radius 2 is 1.88 bits per heavy atom. The number of nitrogens with zero attached hydrogens (tertiary/aromatic N) is 2. The van der Waals surface area contributed by atoms with Crippen LogP contribution in [0.2, 0.25) is 0 Å². The van der Waals surface area contributed by atoms with Crippen LogP contribution in [0.25, 0.3) is 0 Å². The van der Waals surface area contributed by atoms with Crippen LogP contribution in [-0.2, 0) is 0 Å². The average Bonchev–Trinajstić information content (AvgIpc) is 2.68. The molecule has 2 aliphatic heterocycles. The molecule has 0 spiro atoms. The molecule has 0 aliphatic carbocycles. The van der Waals surface area contributed by atoms with Crippen LogP contribution >= 0.6 is 11.9 Å². The molecule has 1 fully saturated rings. The summed E-state index contributed by atoms with van der Waals surface area (Å²) in [7, 11) is 1.66. The second-order valence-corrected chi connectivity index (χ2v) is 7.16. The quantitative estimate of drug-likeness (QED) is 0.744. The lowest BCUT2D eigenvalue weighted by molar-refractivity contribution is 0.371. The number of methoxy groups -OCH3 is 1. The van der Waals surface area contributed by atoms with Crippen molar-refractivity contribution in [3.63, 3.8) is 0 Å². The molecule has 1 atom stereocenters. The van der Waals surface area contributed by atoms with E-state index in [0.29, 0.717) is 5.92 Å². The third-order valence-corrected chi connectivity index (χ3v) is 5.41. The van der Waals surface area contributed by atoms with Gasteiger partial charge >= 0.3 is 0 Å². The van der Waals surface area contributed by atoms with Crippen LogP contribution in [0.4, 0.5) is 0 Å². The molecular weight excluding hydrogens is 332 g/mol.